The lowest BCUT2D eigenvalue weighted by Crippen LogP contribution is -2.41. The van der Waals surface area contributed by atoms with Crippen LogP contribution in [0.4, 0.5) is 0 Å². The van der Waals surface area contributed by atoms with Crippen molar-refractivity contribution in [2.75, 3.05) is 19.7 Å². The number of benzene rings is 1. The first-order valence-electron chi connectivity index (χ1n) is 7.80. The summed E-state index contributed by atoms with van der Waals surface area (Å²) in [5, 5.41) is 4.29. The van der Waals surface area contributed by atoms with E-state index in [1.54, 1.807) is 0 Å². The van der Waals surface area contributed by atoms with E-state index in [-0.39, 0.29) is 0 Å². The van der Waals surface area contributed by atoms with Crippen molar-refractivity contribution in [3.05, 3.63) is 29.8 Å². The van der Waals surface area contributed by atoms with Crippen LogP contribution < -0.4 is 5.32 Å². The van der Waals surface area contributed by atoms with Crippen LogP contribution in [0.2, 0.25) is 0 Å². The third-order valence-corrected chi connectivity index (χ3v) is 6.22. The fraction of sp³-hybridized carbons (Fsp3) is 0.647. The van der Waals surface area contributed by atoms with E-state index in [0.717, 1.165) is 24.9 Å². The van der Waals surface area contributed by atoms with E-state index >= 15 is 0 Å². The number of ether oxygens (including phenoxy) is 1. The number of fused-ring (bicyclic) bond motifs is 1. The van der Waals surface area contributed by atoms with E-state index in [9.17, 15) is 0 Å². The normalized spacial score (nSPS) is 32.5. The summed E-state index contributed by atoms with van der Waals surface area (Å²) in [5.74, 6) is 0. The molecule has 0 amide bonds. The average Bonchev–Trinajstić information content (AvgIpc) is 3.01. The van der Waals surface area contributed by atoms with Gasteiger partial charge >= 0.3 is 0 Å². The summed E-state index contributed by atoms with van der Waals surface area (Å²) in [5.41, 5.74) is 1.86. The van der Waals surface area contributed by atoms with Gasteiger partial charge in [0, 0.05) is 28.7 Å². The minimum absolute atomic E-state index is 0.329. The summed E-state index contributed by atoms with van der Waals surface area (Å²) in [4.78, 5) is 1.49. The van der Waals surface area contributed by atoms with Gasteiger partial charge in [-0.1, -0.05) is 25.1 Å². The van der Waals surface area contributed by atoms with E-state index < -0.39 is 0 Å². The molecule has 0 radical (unpaired) electrons. The lowest BCUT2D eigenvalue weighted by Gasteiger charge is -2.34. The number of hydrogen-bond donors (Lipinski definition) is 1. The Balaban J connectivity index is 1.69. The zero-order valence-electron chi connectivity index (χ0n) is 12.5. The van der Waals surface area contributed by atoms with Gasteiger partial charge in [0.1, 0.15) is 0 Å². The van der Waals surface area contributed by atoms with E-state index in [1.807, 2.05) is 0 Å². The first-order valence-corrected chi connectivity index (χ1v) is 8.68. The lowest BCUT2D eigenvalue weighted by molar-refractivity contribution is 0.0586. The second-order valence-electron chi connectivity index (χ2n) is 6.16. The maximum atomic E-state index is 5.90. The third-order valence-electron chi connectivity index (χ3n) is 4.91. The molecule has 0 aromatic heterocycles. The Labute approximate surface area is 126 Å². The molecule has 2 nitrogen and oxygen atoms in total. The Morgan fingerprint density at radius 2 is 2.25 bits per heavy atom. The topological polar surface area (TPSA) is 21.3 Å². The van der Waals surface area contributed by atoms with Gasteiger partial charge in [0.05, 0.1) is 6.10 Å². The molecule has 20 heavy (non-hydrogen) atoms. The Morgan fingerprint density at radius 3 is 2.95 bits per heavy atom. The van der Waals surface area contributed by atoms with Crippen LogP contribution in [-0.2, 0) is 11.2 Å². The van der Waals surface area contributed by atoms with Gasteiger partial charge in [-0.15, -0.1) is 11.8 Å². The summed E-state index contributed by atoms with van der Waals surface area (Å²) < 4.78 is 5.90. The standard InChI is InChI=1S/C17H25NOS/c1-3-18-12-17(8-9-19-13(17)2)11-15-10-14-6-4-5-7-16(14)20-15/h4-7,13,15,18H,3,8-12H2,1-2H3. The van der Waals surface area contributed by atoms with Crippen molar-refractivity contribution in [3.63, 3.8) is 0 Å². The molecule has 3 atom stereocenters. The van der Waals surface area contributed by atoms with E-state index in [4.69, 9.17) is 4.74 Å². The maximum Gasteiger partial charge on any atom is 0.0616 e. The van der Waals surface area contributed by atoms with Crippen molar-refractivity contribution in [1.82, 2.24) is 5.32 Å². The zero-order chi connectivity index (χ0) is 14.0. The van der Waals surface area contributed by atoms with Gasteiger partial charge in [0.2, 0.25) is 0 Å². The van der Waals surface area contributed by atoms with Crippen LogP contribution in [0.1, 0.15) is 32.3 Å². The molecule has 2 aliphatic rings. The van der Waals surface area contributed by atoms with Crippen LogP contribution >= 0.6 is 11.8 Å². The van der Waals surface area contributed by atoms with Crippen molar-refractivity contribution >= 4 is 11.8 Å². The van der Waals surface area contributed by atoms with Gasteiger partial charge in [0.15, 0.2) is 0 Å². The minimum atomic E-state index is 0.329. The molecule has 3 rings (SSSR count). The highest BCUT2D eigenvalue weighted by molar-refractivity contribution is 8.00. The van der Waals surface area contributed by atoms with Crippen LogP contribution in [0.15, 0.2) is 29.2 Å². The van der Waals surface area contributed by atoms with Gasteiger partial charge in [-0.3, -0.25) is 0 Å². The van der Waals surface area contributed by atoms with Crippen LogP contribution in [0.3, 0.4) is 0 Å². The van der Waals surface area contributed by atoms with Gasteiger partial charge in [-0.05, 0) is 44.4 Å². The highest BCUT2D eigenvalue weighted by Gasteiger charge is 2.43. The predicted molar refractivity (Wildman–Crippen MR) is 85.4 cm³/mol. The summed E-state index contributed by atoms with van der Waals surface area (Å²) >= 11 is 2.07. The molecule has 0 saturated carbocycles. The zero-order valence-corrected chi connectivity index (χ0v) is 13.3. The monoisotopic (exact) mass is 291 g/mol. The third kappa shape index (κ3) is 2.76. The molecule has 1 aromatic rings. The molecule has 1 aromatic carbocycles. The molecular weight excluding hydrogens is 266 g/mol. The van der Waals surface area contributed by atoms with Crippen molar-refractivity contribution in [3.8, 4) is 0 Å². The predicted octanol–water partition coefficient (Wildman–Crippen LogP) is 3.50. The van der Waals surface area contributed by atoms with Gasteiger partial charge in [0.25, 0.3) is 0 Å². The van der Waals surface area contributed by atoms with Crippen LogP contribution in [0.25, 0.3) is 0 Å². The van der Waals surface area contributed by atoms with E-state index in [0.29, 0.717) is 11.5 Å². The summed E-state index contributed by atoms with van der Waals surface area (Å²) in [6.07, 6.45) is 4.07. The second kappa shape index (κ2) is 6.08. The fourth-order valence-electron chi connectivity index (χ4n) is 3.59. The maximum absolute atomic E-state index is 5.90. The highest BCUT2D eigenvalue weighted by Crippen LogP contribution is 2.46. The van der Waals surface area contributed by atoms with E-state index in [2.05, 4.69) is 55.2 Å². The Kier molecular flexibility index (Phi) is 4.39. The van der Waals surface area contributed by atoms with E-state index in [1.165, 1.54) is 29.7 Å². The highest BCUT2D eigenvalue weighted by atomic mass is 32.2. The largest absolute Gasteiger partial charge is 0.378 e. The number of hydrogen-bond acceptors (Lipinski definition) is 3. The average molecular weight is 291 g/mol. The number of rotatable bonds is 5. The Bertz CT molecular complexity index is 439. The molecule has 1 saturated heterocycles. The SMILES string of the molecule is CCNCC1(CC2Cc3ccccc3S2)CCOC1C. The first kappa shape index (κ1) is 14.4. The van der Waals surface area contributed by atoms with Gasteiger partial charge in [-0.25, -0.2) is 0 Å². The molecule has 110 valence electrons. The lowest BCUT2D eigenvalue weighted by atomic mass is 9.76. The molecule has 3 heteroatoms. The van der Waals surface area contributed by atoms with Crippen molar-refractivity contribution in [2.24, 2.45) is 5.41 Å². The summed E-state index contributed by atoms with van der Waals surface area (Å²) in [6.45, 7) is 7.52. The molecule has 1 N–H and O–H groups in total. The van der Waals surface area contributed by atoms with Crippen molar-refractivity contribution in [1.29, 1.82) is 0 Å². The summed E-state index contributed by atoms with van der Waals surface area (Å²) in [7, 11) is 0. The molecule has 3 unspecified atom stereocenters. The molecular formula is C17H25NOS. The molecule has 0 bridgehead atoms. The Hall–Kier alpha value is -0.510. The van der Waals surface area contributed by atoms with Crippen LogP contribution in [-0.4, -0.2) is 31.1 Å². The van der Waals surface area contributed by atoms with Gasteiger partial charge < -0.3 is 10.1 Å². The van der Waals surface area contributed by atoms with Crippen molar-refractivity contribution in [2.45, 2.75) is 49.4 Å². The second-order valence-corrected chi connectivity index (χ2v) is 7.50. The molecule has 0 aliphatic carbocycles. The van der Waals surface area contributed by atoms with Gasteiger partial charge in [-0.2, -0.15) is 0 Å². The van der Waals surface area contributed by atoms with Crippen LogP contribution in [0.5, 0.6) is 0 Å². The molecule has 2 aliphatic heterocycles. The molecule has 2 heterocycles. The molecule has 1 fully saturated rings. The first-order chi connectivity index (χ1) is 9.73. The summed E-state index contributed by atoms with van der Waals surface area (Å²) in [6, 6.07) is 8.88. The Morgan fingerprint density at radius 1 is 1.40 bits per heavy atom. The fourth-order valence-corrected chi connectivity index (χ4v) is 5.08. The van der Waals surface area contributed by atoms with Crippen LogP contribution in [0, 0.1) is 5.41 Å². The molecule has 0 spiro atoms. The van der Waals surface area contributed by atoms with Crippen molar-refractivity contribution < 1.29 is 4.74 Å². The quantitative estimate of drug-likeness (QED) is 0.897. The number of nitrogens with one attached hydrogen (secondary N) is 1. The minimum Gasteiger partial charge on any atom is -0.378 e. The number of thioether (sulfide) groups is 1. The smallest absolute Gasteiger partial charge is 0.0616 e.